The summed E-state index contributed by atoms with van der Waals surface area (Å²) < 4.78 is 0. The maximum atomic E-state index is 9.34. The molecule has 0 fully saturated rings. The first-order chi connectivity index (χ1) is 7.04. The van der Waals surface area contributed by atoms with Gasteiger partial charge in [0.2, 0.25) is 0 Å². The fourth-order valence-electron chi connectivity index (χ4n) is 2.02. The molecule has 80 valence electrons. The predicted octanol–water partition coefficient (Wildman–Crippen LogP) is 2.35. The molecular weight excluding hydrogens is 188 g/mol. The smallest absolute Gasteiger partial charge is 0.0932 e. The topological polar surface area (TPSA) is 48.9 Å². The summed E-state index contributed by atoms with van der Waals surface area (Å²) in [5.74, 6) is 0. The molecule has 0 radical (unpaired) electrons. The number of aromatic amines is 1. The van der Waals surface area contributed by atoms with Crippen LogP contribution in [0.4, 0.5) is 0 Å². The van der Waals surface area contributed by atoms with E-state index in [-0.39, 0.29) is 12.0 Å². The SMILES string of the molecule is CC(C)(C)c1c(CO)ccc2[nH]cnc12. The zero-order chi connectivity index (χ0) is 11.1. The largest absolute Gasteiger partial charge is 0.392 e. The van der Waals surface area contributed by atoms with E-state index in [9.17, 15) is 5.11 Å². The first kappa shape index (κ1) is 10.2. The van der Waals surface area contributed by atoms with Crippen LogP contribution in [-0.2, 0) is 12.0 Å². The molecule has 0 atom stereocenters. The average molecular weight is 204 g/mol. The molecule has 0 saturated carbocycles. The number of aliphatic hydroxyl groups excluding tert-OH is 1. The van der Waals surface area contributed by atoms with Crippen LogP contribution >= 0.6 is 0 Å². The molecular formula is C12H16N2O. The van der Waals surface area contributed by atoms with Gasteiger partial charge in [0.15, 0.2) is 0 Å². The van der Waals surface area contributed by atoms with Gasteiger partial charge in [0, 0.05) is 0 Å². The number of nitrogens with zero attached hydrogens (tertiary/aromatic N) is 1. The minimum absolute atomic E-state index is 0.00718. The van der Waals surface area contributed by atoms with E-state index in [1.54, 1.807) is 6.33 Å². The van der Waals surface area contributed by atoms with Crippen molar-refractivity contribution in [2.45, 2.75) is 32.8 Å². The van der Waals surface area contributed by atoms with Crippen LogP contribution in [0.25, 0.3) is 11.0 Å². The minimum Gasteiger partial charge on any atom is -0.392 e. The molecule has 1 aromatic heterocycles. The van der Waals surface area contributed by atoms with Crippen molar-refractivity contribution < 1.29 is 5.11 Å². The van der Waals surface area contributed by atoms with Gasteiger partial charge in [0.25, 0.3) is 0 Å². The number of H-pyrrole nitrogens is 1. The molecule has 0 unspecified atom stereocenters. The fraction of sp³-hybridized carbons (Fsp3) is 0.417. The highest BCUT2D eigenvalue weighted by Gasteiger charge is 2.21. The molecule has 15 heavy (non-hydrogen) atoms. The summed E-state index contributed by atoms with van der Waals surface area (Å²) in [7, 11) is 0. The first-order valence-electron chi connectivity index (χ1n) is 5.10. The lowest BCUT2D eigenvalue weighted by Gasteiger charge is -2.22. The van der Waals surface area contributed by atoms with Crippen molar-refractivity contribution in [2.75, 3.05) is 0 Å². The molecule has 1 heterocycles. The maximum absolute atomic E-state index is 9.34. The Balaban J connectivity index is 2.80. The van der Waals surface area contributed by atoms with Gasteiger partial charge in [0.05, 0.1) is 24.0 Å². The van der Waals surface area contributed by atoms with E-state index in [0.29, 0.717) is 0 Å². The molecule has 0 spiro atoms. The Labute approximate surface area is 89.2 Å². The Hall–Kier alpha value is -1.35. The van der Waals surface area contributed by atoms with Crippen LogP contribution in [0.1, 0.15) is 31.9 Å². The Morgan fingerprint density at radius 2 is 2.07 bits per heavy atom. The van der Waals surface area contributed by atoms with Crippen molar-refractivity contribution in [1.82, 2.24) is 9.97 Å². The summed E-state index contributed by atoms with van der Waals surface area (Å²) in [5.41, 5.74) is 4.07. The van der Waals surface area contributed by atoms with Crippen molar-refractivity contribution in [3.63, 3.8) is 0 Å². The highest BCUT2D eigenvalue weighted by Crippen LogP contribution is 2.31. The Kier molecular flexibility index (Phi) is 2.27. The van der Waals surface area contributed by atoms with Gasteiger partial charge in [0.1, 0.15) is 0 Å². The van der Waals surface area contributed by atoms with Gasteiger partial charge < -0.3 is 10.1 Å². The average Bonchev–Trinajstić information content (AvgIpc) is 2.61. The molecule has 0 aliphatic carbocycles. The van der Waals surface area contributed by atoms with Gasteiger partial charge >= 0.3 is 0 Å². The summed E-state index contributed by atoms with van der Waals surface area (Å²) in [6.07, 6.45) is 1.70. The number of fused-ring (bicyclic) bond motifs is 1. The molecule has 2 rings (SSSR count). The number of rotatable bonds is 1. The van der Waals surface area contributed by atoms with Gasteiger partial charge in [-0.05, 0) is 22.6 Å². The van der Waals surface area contributed by atoms with Crippen molar-refractivity contribution in [1.29, 1.82) is 0 Å². The van der Waals surface area contributed by atoms with Gasteiger partial charge in [-0.3, -0.25) is 0 Å². The third-order valence-corrected chi connectivity index (χ3v) is 2.60. The first-order valence-corrected chi connectivity index (χ1v) is 5.10. The number of benzene rings is 1. The number of nitrogens with one attached hydrogen (secondary N) is 1. The maximum Gasteiger partial charge on any atom is 0.0932 e. The molecule has 0 aliphatic rings. The number of hydrogen-bond acceptors (Lipinski definition) is 2. The number of aromatic nitrogens is 2. The standard InChI is InChI=1S/C12H16N2O/c1-12(2,3)10-8(6-15)4-5-9-11(10)14-7-13-9/h4-5,7,15H,6H2,1-3H3,(H,13,14). The summed E-state index contributed by atoms with van der Waals surface area (Å²) in [4.78, 5) is 7.42. The quantitative estimate of drug-likeness (QED) is 0.749. The van der Waals surface area contributed by atoms with Crippen LogP contribution in [0, 0.1) is 0 Å². The van der Waals surface area contributed by atoms with Crippen molar-refractivity contribution in [2.24, 2.45) is 0 Å². The number of imidazole rings is 1. The van der Waals surface area contributed by atoms with E-state index in [0.717, 1.165) is 22.2 Å². The molecule has 3 heteroatoms. The molecule has 1 aromatic carbocycles. The zero-order valence-corrected chi connectivity index (χ0v) is 9.33. The molecule has 3 nitrogen and oxygen atoms in total. The van der Waals surface area contributed by atoms with Crippen LogP contribution < -0.4 is 0 Å². The predicted molar refractivity (Wildman–Crippen MR) is 60.7 cm³/mol. The summed E-state index contributed by atoms with van der Waals surface area (Å²) in [6, 6.07) is 3.92. The number of aliphatic hydroxyl groups is 1. The Morgan fingerprint density at radius 3 is 2.67 bits per heavy atom. The molecule has 0 saturated heterocycles. The Morgan fingerprint density at radius 1 is 1.33 bits per heavy atom. The monoisotopic (exact) mass is 204 g/mol. The third kappa shape index (κ3) is 1.63. The van der Waals surface area contributed by atoms with Gasteiger partial charge in [-0.2, -0.15) is 0 Å². The molecule has 2 N–H and O–H groups in total. The van der Waals surface area contributed by atoms with Crippen molar-refractivity contribution in [3.8, 4) is 0 Å². The van der Waals surface area contributed by atoms with Crippen LogP contribution in [0.2, 0.25) is 0 Å². The summed E-state index contributed by atoms with van der Waals surface area (Å²) in [6.45, 7) is 6.47. The zero-order valence-electron chi connectivity index (χ0n) is 9.33. The minimum atomic E-state index is -0.00718. The van der Waals surface area contributed by atoms with Gasteiger partial charge in [-0.25, -0.2) is 4.98 Å². The fourth-order valence-corrected chi connectivity index (χ4v) is 2.02. The van der Waals surface area contributed by atoms with E-state index in [2.05, 4.69) is 30.7 Å². The van der Waals surface area contributed by atoms with Crippen LogP contribution in [0.5, 0.6) is 0 Å². The highest BCUT2D eigenvalue weighted by atomic mass is 16.3. The molecule has 0 bridgehead atoms. The summed E-state index contributed by atoms with van der Waals surface area (Å²) >= 11 is 0. The van der Waals surface area contributed by atoms with Crippen molar-refractivity contribution >= 4 is 11.0 Å². The van der Waals surface area contributed by atoms with Gasteiger partial charge in [-0.1, -0.05) is 26.8 Å². The third-order valence-electron chi connectivity index (χ3n) is 2.60. The summed E-state index contributed by atoms with van der Waals surface area (Å²) in [5, 5.41) is 9.34. The molecule has 2 aromatic rings. The van der Waals surface area contributed by atoms with Gasteiger partial charge in [-0.15, -0.1) is 0 Å². The van der Waals surface area contributed by atoms with E-state index >= 15 is 0 Å². The Bertz CT molecular complexity index is 480. The van der Waals surface area contributed by atoms with Crippen LogP contribution in [0.3, 0.4) is 0 Å². The van der Waals surface area contributed by atoms with E-state index in [1.165, 1.54) is 0 Å². The second kappa shape index (κ2) is 3.35. The highest BCUT2D eigenvalue weighted by molar-refractivity contribution is 5.80. The van der Waals surface area contributed by atoms with E-state index in [4.69, 9.17) is 0 Å². The normalized spacial score (nSPS) is 12.3. The molecule has 0 amide bonds. The lowest BCUT2D eigenvalue weighted by atomic mass is 9.83. The lowest BCUT2D eigenvalue weighted by Crippen LogP contribution is -2.15. The molecule has 0 aliphatic heterocycles. The second-order valence-corrected chi connectivity index (χ2v) is 4.81. The number of hydrogen-bond donors (Lipinski definition) is 2. The van der Waals surface area contributed by atoms with Crippen LogP contribution in [-0.4, -0.2) is 15.1 Å². The lowest BCUT2D eigenvalue weighted by molar-refractivity contribution is 0.279. The van der Waals surface area contributed by atoms with Crippen molar-refractivity contribution in [3.05, 3.63) is 29.6 Å². The van der Waals surface area contributed by atoms with E-state index in [1.807, 2.05) is 12.1 Å². The van der Waals surface area contributed by atoms with Crippen LogP contribution in [0.15, 0.2) is 18.5 Å². The van der Waals surface area contributed by atoms with E-state index < -0.39 is 0 Å². The second-order valence-electron chi connectivity index (χ2n) is 4.81.